The summed E-state index contributed by atoms with van der Waals surface area (Å²) in [6.07, 6.45) is 0. The van der Waals surface area contributed by atoms with Crippen LogP contribution in [0.4, 0.5) is 0 Å². The molecule has 0 aromatic heterocycles. The minimum Gasteiger partial charge on any atom is -0.465 e. The van der Waals surface area contributed by atoms with Gasteiger partial charge in [0, 0.05) is 23.2 Å². The molecule has 5 heteroatoms. The Morgan fingerprint density at radius 1 is 1.44 bits per heavy atom. The summed E-state index contributed by atoms with van der Waals surface area (Å²) in [6.45, 7) is 4.11. The summed E-state index contributed by atoms with van der Waals surface area (Å²) >= 11 is 2.20. The third-order valence-corrected chi connectivity index (χ3v) is 3.65. The predicted octanol–water partition coefficient (Wildman–Crippen LogP) is 1.91. The van der Waals surface area contributed by atoms with E-state index in [4.69, 9.17) is 9.47 Å². The van der Waals surface area contributed by atoms with Gasteiger partial charge in [0.1, 0.15) is 0 Å². The van der Waals surface area contributed by atoms with Gasteiger partial charge in [-0.25, -0.2) is 4.79 Å². The molecule has 0 atom stereocenters. The highest BCUT2D eigenvalue weighted by molar-refractivity contribution is 14.1. The molecule has 98 valence electrons. The van der Waals surface area contributed by atoms with E-state index < -0.39 is 0 Å². The lowest BCUT2D eigenvalue weighted by atomic mass is 10.1. The molecule has 0 spiro atoms. The maximum atomic E-state index is 11.8. The molecule has 0 saturated carbocycles. The van der Waals surface area contributed by atoms with E-state index in [2.05, 4.69) is 27.5 Å². The summed E-state index contributed by atoms with van der Waals surface area (Å²) < 4.78 is 11.2. The Kier molecular flexibility index (Phi) is 4.96. The number of methoxy groups -OCH3 is 1. The van der Waals surface area contributed by atoms with E-state index in [-0.39, 0.29) is 5.97 Å². The molecule has 2 rings (SSSR count). The second kappa shape index (κ2) is 6.49. The van der Waals surface area contributed by atoms with Crippen LogP contribution in [0.1, 0.15) is 15.9 Å². The van der Waals surface area contributed by atoms with Crippen molar-refractivity contribution in [3.8, 4) is 0 Å². The van der Waals surface area contributed by atoms with Crippen LogP contribution in [0.2, 0.25) is 0 Å². The largest absolute Gasteiger partial charge is 0.465 e. The number of hydrogen-bond acceptors (Lipinski definition) is 4. The highest BCUT2D eigenvalue weighted by atomic mass is 127. The Morgan fingerprint density at radius 2 is 2.17 bits per heavy atom. The number of benzene rings is 1. The van der Waals surface area contributed by atoms with Crippen LogP contribution < -0.4 is 0 Å². The van der Waals surface area contributed by atoms with E-state index in [0.29, 0.717) is 5.56 Å². The third kappa shape index (κ3) is 3.43. The molecule has 0 bridgehead atoms. The Morgan fingerprint density at radius 3 is 2.83 bits per heavy atom. The monoisotopic (exact) mass is 361 g/mol. The number of esters is 1. The summed E-state index contributed by atoms with van der Waals surface area (Å²) in [4.78, 5) is 14.0. The van der Waals surface area contributed by atoms with Gasteiger partial charge in [-0.2, -0.15) is 0 Å². The second-order valence-electron chi connectivity index (χ2n) is 4.18. The average molecular weight is 361 g/mol. The highest BCUT2D eigenvalue weighted by Crippen LogP contribution is 2.17. The van der Waals surface area contributed by atoms with Crippen molar-refractivity contribution in [1.29, 1.82) is 0 Å². The van der Waals surface area contributed by atoms with Gasteiger partial charge in [-0.15, -0.1) is 0 Å². The van der Waals surface area contributed by atoms with Gasteiger partial charge in [-0.3, -0.25) is 4.90 Å². The van der Waals surface area contributed by atoms with Crippen LogP contribution in [-0.4, -0.2) is 44.3 Å². The number of ether oxygens (including phenoxy) is 2. The standard InChI is InChI=1S/C13H16INO3/c1-17-13(16)12-8-11(14)3-2-10(12)9-15-4-6-18-7-5-15/h2-3,8H,4-7,9H2,1H3. The number of carbonyl (C=O) groups is 1. The van der Waals surface area contributed by atoms with Crippen molar-refractivity contribution >= 4 is 28.6 Å². The molecule has 0 unspecified atom stereocenters. The van der Waals surface area contributed by atoms with Gasteiger partial charge in [-0.05, 0) is 40.3 Å². The lowest BCUT2D eigenvalue weighted by Crippen LogP contribution is -2.36. The fourth-order valence-corrected chi connectivity index (χ4v) is 2.48. The minimum atomic E-state index is -0.267. The van der Waals surface area contributed by atoms with Crippen LogP contribution in [0.5, 0.6) is 0 Å². The van der Waals surface area contributed by atoms with E-state index in [0.717, 1.165) is 42.0 Å². The number of morpholine rings is 1. The smallest absolute Gasteiger partial charge is 0.338 e. The normalized spacial score (nSPS) is 16.6. The van der Waals surface area contributed by atoms with Crippen molar-refractivity contribution in [2.24, 2.45) is 0 Å². The van der Waals surface area contributed by atoms with E-state index in [1.807, 2.05) is 18.2 Å². The van der Waals surface area contributed by atoms with Crippen molar-refractivity contribution in [3.05, 3.63) is 32.9 Å². The molecule has 1 aromatic rings. The summed E-state index contributed by atoms with van der Waals surface area (Å²) in [5, 5.41) is 0. The Balaban J connectivity index is 2.17. The van der Waals surface area contributed by atoms with Gasteiger partial charge in [0.25, 0.3) is 0 Å². The topological polar surface area (TPSA) is 38.8 Å². The van der Waals surface area contributed by atoms with Crippen LogP contribution >= 0.6 is 22.6 Å². The van der Waals surface area contributed by atoms with Gasteiger partial charge in [0.15, 0.2) is 0 Å². The van der Waals surface area contributed by atoms with Crippen LogP contribution in [-0.2, 0) is 16.0 Å². The van der Waals surface area contributed by atoms with Crippen LogP contribution in [0, 0.1) is 3.57 Å². The number of hydrogen-bond donors (Lipinski definition) is 0. The van der Waals surface area contributed by atoms with Gasteiger partial charge in [0.2, 0.25) is 0 Å². The van der Waals surface area contributed by atoms with Crippen LogP contribution in [0.3, 0.4) is 0 Å². The molecular formula is C13H16INO3. The average Bonchev–Trinajstić information content (AvgIpc) is 2.41. The molecule has 1 aromatic carbocycles. The summed E-state index contributed by atoms with van der Waals surface area (Å²) in [7, 11) is 1.42. The summed E-state index contributed by atoms with van der Waals surface area (Å²) in [5.41, 5.74) is 1.68. The molecule has 4 nitrogen and oxygen atoms in total. The molecule has 18 heavy (non-hydrogen) atoms. The molecule has 1 saturated heterocycles. The van der Waals surface area contributed by atoms with Gasteiger partial charge in [-0.1, -0.05) is 6.07 Å². The molecule has 0 radical (unpaired) electrons. The Bertz CT molecular complexity index is 430. The first-order valence-corrected chi connectivity index (χ1v) is 6.95. The maximum Gasteiger partial charge on any atom is 0.338 e. The molecule has 1 aliphatic heterocycles. The first-order valence-electron chi connectivity index (χ1n) is 5.87. The molecule has 0 N–H and O–H groups in total. The quantitative estimate of drug-likeness (QED) is 0.609. The number of rotatable bonds is 3. The molecule has 1 aliphatic rings. The second-order valence-corrected chi connectivity index (χ2v) is 5.43. The summed E-state index contributed by atoms with van der Waals surface area (Å²) in [6, 6.07) is 5.90. The zero-order valence-electron chi connectivity index (χ0n) is 10.3. The number of halogens is 1. The Hall–Kier alpha value is -0.660. The minimum absolute atomic E-state index is 0.267. The van der Waals surface area contributed by atoms with Crippen molar-refractivity contribution in [1.82, 2.24) is 4.90 Å². The van der Waals surface area contributed by atoms with Crippen molar-refractivity contribution in [2.75, 3.05) is 33.4 Å². The number of nitrogens with zero attached hydrogens (tertiary/aromatic N) is 1. The van der Waals surface area contributed by atoms with Crippen LogP contribution in [0.15, 0.2) is 18.2 Å². The van der Waals surface area contributed by atoms with E-state index >= 15 is 0 Å². The van der Waals surface area contributed by atoms with Gasteiger partial charge in [0.05, 0.1) is 25.9 Å². The van der Waals surface area contributed by atoms with Gasteiger partial charge >= 0.3 is 5.97 Å². The zero-order valence-corrected chi connectivity index (χ0v) is 12.5. The molecule has 1 heterocycles. The lowest BCUT2D eigenvalue weighted by Gasteiger charge is -2.27. The van der Waals surface area contributed by atoms with Crippen LogP contribution in [0.25, 0.3) is 0 Å². The number of carbonyl (C=O) groups excluding carboxylic acids is 1. The van der Waals surface area contributed by atoms with E-state index in [9.17, 15) is 4.79 Å². The van der Waals surface area contributed by atoms with Gasteiger partial charge < -0.3 is 9.47 Å². The van der Waals surface area contributed by atoms with E-state index in [1.165, 1.54) is 7.11 Å². The maximum absolute atomic E-state index is 11.8. The molecule has 0 aliphatic carbocycles. The zero-order chi connectivity index (χ0) is 13.0. The predicted molar refractivity (Wildman–Crippen MR) is 76.6 cm³/mol. The SMILES string of the molecule is COC(=O)c1cc(I)ccc1CN1CCOCC1. The van der Waals surface area contributed by atoms with E-state index in [1.54, 1.807) is 0 Å². The molecule has 0 amide bonds. The molecule has 1 fully saturated rings. The molecular weight excluding hydrogens is 345 g/mol. The third-order valence-electron chi connectivity index (χ3n) is 2.97. The fraction of sp³-hybridized carbons (Fsp3) is 0.462. The van der Waals surface area contributed by atoms with Crippen molar-refractivity contribution in [3.63, 3.8) is 0 Å². The summed E-state index contributed by atoms with van der Waals surface area (Å²) in [5.74, 6) is -0.267. The highest BCUT2D eigenvalue weighted by Gasteiger charge is 2.16. The van der Waals surface area contributed by atoms with Crippen molar-refractivity contribution in [2.45, 2.75) is 6.54 Å². The first kappa shape index (κ1) is 13.8. The lowest BCUT2D eigenvalue weighted by molar-refractivity contribution is 0.0338. The fourth-order valence-electron chi connectivity index (χ4n) is 1.99. The van der Waals surface area contributed by atoms with Crippen molar-refractivity contribution < 1.29 is 14.3 Å². The Labute approximate surface area is 120 Å². The first-order chi connectivity index (χ1) is 8.70.